The van der Waals surface area contributed by atoms with E-state index in [4.69, 9.17) is 23.2 Å². The summed E-state index contributed by atoms with van der Waals surface area (Å²) >= 11 is 15.4. The largest absolute Gasteiger partial charge is 0.324 e. The van der Waals surface area contributed by atoms with Crippen LogP contribution in [0.3, 0.4) is 0 Å². The van der Waals surface area contributed by atoms with Gasteiger partial charge in [-0.1, -0.05) is 23.2 Å². The second-order valence-corrected chi connectivity index (χ2v) is 5.87. The molecule has 0 radical (unpaired) electrons. The summed E-state index contributed by atoms with van der Waals surface area (Å²) in [6.45, 7) is 1.70. The molecule has 0 saturated carbocycles. The Bertz CT molecular complexity index is 462. The van der Waals surface area contributed by atoms with Crippen LogP contribution in [0.15, 0.2) is 16.6 Å². The predicted molar refractivity (Wildman–Crippen MR) is 78.4 cm³/mol. The van der Waals surface area contributed by atoms with Gasteiger partial charge in [-0.3, -0.25) is 4.79 Å². The number of carbonyl (C=O) groups excluding carboxylic acids is 1. The van der Waals surface area contributed by atoms with Gasteiger partial charge in [-0.15, -0.1) is 0 Å². The zero-order chi connectivity index (χ0) is 13.1. The van der Waals surface area contributed by atoms with Gasteiger partial charge in [0.25, 0.3) is 0 Å². The third-order valence-corrected chi connectivity index (χ3v) is 4.73. The molecule has 0 unspecified atom stereocenters. The van der Waals surface area contributed by atoms with Crippen molar-refractivity contribution in [3.63, 3.8) is 0 Å². The van der Waals surface area contributed by atoms with Gasteiger partial charge in [0, 0.05) is 11.0 Å². The number of benzene rings is 1. The molecule has 1 aromatic carbocycles. The minimum Gasteiger partial charge on any atom is -0.324 e. The Morgan fingerprint density at radius 3 is 2.83 bits per heavy atom. The van der Waals surface area contributed by atoms with Crippen LogP contribution in [0.2, 0.25) is 10.0 Å². The SMILES string of the molecule is O=C(Nc1ccc(Br)c(Cl)c1Cl)[C@H]1CCCNC1. The second kappa shape index (κ2) is 6.24. The summed E-state index contributed by atoms with van der Waals surface area (Å²) in [5.41, 5.74) is 0.556. The Balaban J connectivity index is 2.09. The monoisotopic (exact) mass is 350 g/mol. The lowest BCUT2D eigenvalue weighted by Crippen LogP contribution is -2.37. The van der Waals surface area contributed by atoms with Crippen molar-refractivity contribution >= 4 is 50.7 Å². The molecular weight excluding hydrogens is 339 g/mol. The first-order chi connectivity index (χ1) is 8.59. The first-order valence-corrected chi connectivity index (χ1v) is 7.29. The van der Waals surface area contributed by atoms with E-state index in [9.17, 15) is 4.79 Å². The van der Waals surface area contributed by atoms with Crippen molar-refractivity contribution in [1.82, 2.24) is 5.32 Å². The maximum absolute atomic E-state index is 12.1. The molecule has 18 heavy (non-hydrogen) atoms. The van der Waals surface area contributed by atoms with Crippen LogP contribution in [0.1, 0.15) is 12.8 Å². The number of hydrogen-bond donors (Lipinski definition) is 2. The van der Waals surface area contributed by atoms with Crippen molar-refractivity contribution < 1.29 is 4.79 Å². The number of amides is 1. The molecule has 1 atom stereocenters. The van der Waals surface area contributed by atoms with E-state index in [1.807, 2.05) is 0 Å². The molecule has 1 heterocycles. The van der Waals surface area contributed by atoms with E-state index in [1.165, 1.54) is 0 Å². The molecular formula is C12H13BrCl2N2O. The van der Waals surface area contributed by atoms with E-state index in [-0.39, 0.29) is 11.8 Å². The zero-order valence-electron chi connectivity index (χ0n) is 9.60. The number of nitrogens with one attached hydrogen (secondary N) is 2. The van der Waals surface area contributed by atoms with Gasteiger partial charge in [-0.2, -0.15) is 0 Å². The van der Waals surface area contributed by atoms with Crippen molar-refractivity contribution in [1.29, 1.82) is 0 Å². The number of carbonyl (C=O) groups is 1. The van der Waals surface area contributed by atoms with Gasteiger partial charge in [-0.25, -0.2) is 0 Å². The van der Waals surface area contributed by atoms with Gasteiger partial charge in [0.15, 0.2) is 0 Å². The zero-order valence-corrected chi connectivity index (χ0v) is 12.7. The van der Waals surface area contributed by atoms with Crippen molar-refractivity contribution in [2.75, 3.05) is 18.4 Å². The maximum atomic E-state index is 12.1. The number of rotatable bonds is 2. The summed E-state index contributed by atoms with van der Waals surface area (Å²) in [4.78, 5) is 12.1. The van der Waals surface area contributed by atoms with E-state index in [0.717, 1.165) is 19.4 Å². The molecule has 1 aliphatic heterocycles. The van der Waals surface area contributed by atoms with Gasteiger partial charge >= 0.3 is 0 Å². The highest BCUT2D eigenvalue weighted by Crippen LogP contribution is 2.36. The standard InChI is InChI=1S/C12H13BrCl2N2O/c13-8-3-4-9(11(15)10(8)14)17-12(18)7-2-1-5-16-6-7/h3-4,7,16H,1-2,5-6H2,(H,17,18)/t7-/m0/s1. The van der Waals surface area contributed by atoms with Gasteiger partial charge in [0.2, 0.25) is 5.91 Å². The summed E-state index contributed by atoms with van der Waals surface area (Å²) in [7, 11) is 0. The van der Waals surface area contributed by atoms with E-state index in [1.54, 1.807) is 12.1 Å². The molecule has 1 aliphatic rings. The van der Waals surface area contributed by atoms with E-state index in [2.05, 4.69) is 26.6 Å². The molecule has 1 fully saturated rings. The Morgan fingerprint density at radius 2 is 2.17 bits per heavy atom. The lowest BCUT2D eigenvalue weighted by atomic mass is 9.99. The first-order valence-electron chi connectivity index (χ1n) is 5.74. The molecule has 0 bridgehead atoms. The van der Waals surface area contributed by atoms with Gasteiger partial charge in [0.05, 0.1) is 21.7 Å². The van der Waals surface area contributed by atoms with Crippen molar-refractivity contribution in [2.45, 2.75) is 12.8 Å². The maximum Gasteiger partial charge on any atom is 0.228 e. The number of piperidine rings is 1. The molecule has 2 N–H and O–H groups in total. The van der Waals surface area contributed by atoms with Crippen LogP contribution in [-0.2, 0) is 4.79 Å². The quantitative estimate of drug-likeness (QED) is 0.798. The Kier molecular flexibility index (Phi) is 4.90. The summed E-state index contributed by atoms with van der Waals surface area (Å²) < 4.78 is 0.714. The Morgan fingerprint density at radius 1 is 1.39 bits per heavy atom. The molecule has 0 spiro atoms. The number of anilines is 1. The lowest BCUT2D eigenvalue weighted by molar-refractivity contribution is -0.120. The molecule has 1 aromatic rings. The predicted octanol–water partition coefficient (Wildman–Crippen LogP) is 3.69. The van der Waals surface area contributed by atoms with E-state index >= 15 is 0 Å². The van der Waals surface area contributed by atoms with Crippen LogP contribution in [0, 0.1) is 5.92 Å². The van der Waals surface area contributed by atoms with Crippen molar-refractivity contribution in [3.8, 4) is 0 Å². The minimum absolute atomic E-state index is 0.00256. The van der Waals surface area contributed by atoms with E-state index < -0.39 is 0 Å². The minimum atomic E-state index is -0.0116. The van der Waals surface area contributed by atoms with Crippen LogP contribution >= 0.6 is 39.1 Å². The van der Waals surface area contributed by atoms with E-state index in [0.29, 0.717) is 26.8 Å². The highest BCUT2D eigenvalue weighted by atomic mass is 79.9. The molecule has 2 rings (SSSR count). The summed E-state index contributed by atoms with van der Waals surface area (Å²) in [5, 5.41) is 6.82. The fraction of sp³-hybridized carbons (Fsp3) is 0.417. The number of halogens is 3. The molecule has 1 saturated heterocycles. The third kappa shape index (κ3) is 3.18. The van der Waals surface area contributed by atoms with Crippen molar-refractivity contribution in [2.24, 2.45) is 5.92 Å². The second-order valence-electron chi connectivity index (χ2n) is 4.26. The highest BCUT2D eigenvalue weighted by molar-refractivity contribution is 9.10. The summed E-state index contributed by atoms with van der Waals surface area (Å²) in [6, 6.07) is 3.51. The lowest BCUT2D eigenvalue weighted by Gasteiger charge is -2.22. The summed E-state index contributed by atoms with van der Waals surface area (Å²) in [5.74, 6) is -0.0141. The van der Waals surface area contributed by atoms with Crippen LogP contribution in [-0.4, -0.2) is 19.0 Å². The molecule has 6 heteroatoms. The van der Waals surface area contributed by atoms with Gasteiger partial charge in [-0.05, 0) is 47.4 Å². The average molecular weight is 352 g/mol. The summed E-state index contributed by atoms with van der Waals surface area (Å²) in [6.07, 6.45) is 1.92. The average Bonchev–Trinajstić information content (AvgIpc) is 2.40. The molecule has 1 amide bonds. The molecule has 3 nitrogen and oxygen atoms in total. The topological polar surface area (TPSA) is 41.1 Å². The van der Waals surface area contributed by atoms with Crippen LogP contribution in [0.4, 0.5) is 5.69 Å². The smallest absolute Gasteiger partial charge is 0.228 e. The molecule has 0 aromatic heterocycles. The van der Waals surface area contributed by atoms with Gasteiger partial charge < -0.3 is 10.6 Å². The van der Waals surface area contributed by atoms with Crippen LogP contribution in [0.25, 0.3) is 0 Å². The Labute approximate surface area is 124 Å². The first kappa shape index (κ1) is 14.1. The molecule has 98 valence electrons. The normalized spacial score (nSPS) is 19.6. The highest BCUT2D eigenvalue weighted by Gasteiger charge is 2.22. The van der Waals surface area contributed by atoms with Crippen LogP contribution < -0.4 is 10.6 Å². The Hall–Kier alpha value is -0.290. The van der Waals surface area contributed by atoms with Gasteiger partial charge in [0.1, 0.15) is 0 Å². The number of hydrogen-bond acceptors (Lipinski definition) is 2. The third-order valence-electron chi connectivity index (χ3n) is 2.96. The van der Waals surface area contributed by atoms with Crippen molar-refractivity contribution in [3.05, 3.63) is 26.7 Å². The fourth-order valence-electron chi connectivity index (χ4n) is 1.93. The van der Waals surface area contributed by atoms with Crippen LogP contribution in [0.5, 0.6) is 0 Å². The fourth-order valence-corrected chi connectivity index (χ4v) is 2.75. The molecule has 0 aliphatic carbocycles.